The van der Waals surface area contributed by atoms with E-state index < -0.39 is 0 Å². The van der Waals surface area contributed by atoms with Crippen molar-refractivity contribution in [3.63, 3.8) is 0 Å². The number of benzene rings is 2. The molecule has 130 valence electrons. The summed E-state index contributed by atoms with van der Waals surface area (Å²) >= 11 is 3.39. The number of anilines is 1. The topological polar surface area (TPSA) is 67.4 Å². The second-order valence-corrected chi connectivity index (χ2v) is 6.06. The highest BCUT2D eigenvalue weighted by molar-refractivity contribution is 9.10. The zero-order valence-electron chi connectivity index (χ0n) is 14.0. The molecule has 0 bridgehead atoms. The molecule has 5 nitrogen and oxygen atoms in total. The number of hydrogen-bond donors (Lipinski definition) is 2. The Hall–Kier alpha value is -2.60. The van der Waals surface area contributed by atoms with Crippen LogP contribution in [0.5, 0.6) is 5.75 Å². The van der Waals surface area contributed by atoms with Gasteiger partial charge in [0.05, 0.1) is 7.11 Å². The van der Waals surface area contributed by atoms with Crippen LogP contribution < -0.4 is 15.4 Å². The first-order valence-electron chi connectivity index (χ1n) is 7.74. The number of methoxy groups -OCH3 is 1. The fourth-order valence-corrected chi connectivity index (χ4v) is 2.53. The molecule has 0 atom stereocenters. The van der Waals surface area contributed by atoms with Crippen molar-refractivity contribution in [2.24, 2.45) is 0 Å². The molecule has 0 aliphatic carbocycles. The summed E-state index contributed by atoms with van der Waals surface area (Å²) in [4.78, 5) is 23.8. The van der Waals surface area contributed by atoms with Crippen LogP contribution in [0.2, 0.25) is 0 Å². The lowest BCUT2D eigenvalue weighted by Crippen LogP contribution is -2.22. The van der Waals surface area contributed by atoms with Crippen molar-refractivity contribution in [1.82, 2.24) is 5.32 Å². The van der Waals surface area contributed by atoms with E-state index >= 15 is 0 Å². The quantitative estimate of drug-likeness (QED) is 0.720. The number of amides is 2. The summed E-state index contributed by atoms with van der Waals surface area (Å²) < 4.78 is 6.16. The third-order valence-electron chi connectivity index (χ3n) is 3.36. The molecule has 0 aliphatic rings. The average Bonchev–Trinajstić information content (AvgIpc) is 2.61. The van der Waals surface area contributed by atoms with Crippen LogP contribution in [-0.2, 0) is 4.79 Å². The number of rotatable bonds is 6. The van der Waals surface area contributed by atoms with Crippen molar-refractivity contribution in [3.8, 4) is 5.75 Å². The van der Waals surface area contributed by atoms with Crippen molar-refractivity contribution >= 4 is 39.5 Å². The number of ether oxygens (including phenoxy) is 1. The van der Waals surface area contributed by atoms with E-state index in [1.807, 2.05) is 25.1 Å². The second kappa shape index (κ2) is 9.03. The summed E-state index contributed by atoms with van der Waals surface area (Å²) in [7, 11) is 1.58. The Morgan fingerprint density at radius 3 is 2.52 bits per heavy atom. The van der Waals surface area contributed by atoms with Crippen LogP contribution in [0.4, 0.5) is 5.69 Å². The summed E-state index contributed by atoms with van der Waals surface area (Å²) in [5.74, 6) is 0.272. The zero-order chi connectivity index (χ0) is 18.2. The van der Waals surface area contributed by atoms with Gasteiger partial charge < -0.3 is 15.4 Å². The maximum absolute atomic E-state index is 12.1. The molecule has 0 heterocycles. The van der Waals surface area contributed by atoms with E-state index in [-0.39, 0.29) is 11.8 Å². The Morgan fingerprint density at radius 2 is 1.88 bits per heavy atom. The predicted octanol–water partition coefficient (Wildman–Crippen LogP) is 3.86. The molecular weight excluding hydrogens is 384 g/mol. The Morgan fingerprint density at radius 1 is 1.16 bits per heavy atom. The van der Waals surface area contributed by atoms with Crippen LogP contribution in [-0.4, -0.2) is 25.5 Å². The highest BCUT2D eigenvalue weighted by Gasteiger charge is 2.05. The average molecular weight is 403 g/mol. The number of carbonyl (C=O) groups excluding carboxylic acids is 2. The molecule has 2 aromatic rings. The minimum absolute atomic E-state index is 0.137. The summed E-state index contributed by atoms with van der Waals surface area (Å²) in [6, 6.07) is 12.3. The van der Waals surface area contributed by atoms with E-state index in [9.17, 15) is 9.59 Å². The molecule has 0 unspecified atom stereocenters. The van der Waals surface area contributed by atoms with Gasteiger partial charge in [0.1, 0.15) is 5.75 Å². The van der Waals surface area contributed by atoms with Gasteiger partial charge in [0, 0.05) is 33.9 Å². The highest BCUT2D eigenvalue weighted by atomic mass is 79.9. The second-order valence-electron chi connectivity index (χ2n) is 5.15. The summed E-state index contributed by atoms with van der Waals surface area (Å²) in [5, 5.41) is 5.48. The normalized spacial score (nSPS) is 10.5. The fourth-order valence-electron chi connectivity index (χ4n) is 2.15. The molecule has 0 radical (unpaired) electrons. The first-order valence-corrected chi connectivity index (χ1v) is 8.53. The third-order valence-corrected chi connectivity index (χ3v) is 3.85. The molecule has 0 aliphatic heterocycles. The van der Waals surface area contributed by atoms with Crippen molar-refractivity contribution < 1.29 is 14.3 Å². The molecule has 25 heavy (non-hydrogen) atoms. The van der Waals surface area contributed by atoms with Gasteiger partial charge in [-0.1, -0.05) is 15.9 Å². The number of halogens is 1. The van der Waals surface area contributed by atoms with Crippen molar-refractivity contribution in [1.29, 1.82) is 0 Å². The van der Waals surface area contributed by atoms with Gasteiger partial charge in [0.2, 0.25) is 5.91 Å². The van der Waals surface area contributed by atoms with Gasteiger partial charge in [-0.3, -0.25) is 9.59 Å². The smallest absolute Gasteiger partial charge is 0.251 e. The van der Waals surface area contributed by atoms with Gasteiger partial charge in [-0.25, -0.2) is 0 Å². The van der Waals surface area contributed by atoms with Gasteiger partial charge >= 0.3 is 0 Å². The standard InChI is InChI=1S/C19H19BrN2O3/c1-3-21-19(24)13-4-8-16(9-5-13)22-18(23)11-6-14-12-15(20)7-10-17(14)25-2/h4-12H,3H2,1-2H3,(H,21,24)(H,22,23). The molecule has 6 heteroatoms. The monoisotopic (exact) mass is 402 g/mol. The Kier molecular flexibility index (Phi) is 6.77. The maximum atomic E-state index is 12.1. The molecule has 0 saturated carbocycles. The van der Waals surface area contributed by atoms with E-state index in [2.05, 4.69) is 26.6 Å². The van der Waals surface area contributed by atoms with Crippen LogP contribution in [0.15, 0.2) is 53.0 Å². The molecule has 2 N–H and O–H groups in total. The Labute approximate surface area is 155 Å². The van der Waals surface area contributed by atoms with Gasteiger partial charge in [-0.15, -0.1) is 0 Å². The molecule has 2 aromatic carbocycles. The third kappa shape index (κ3) is 5.46. The SMILES string of the molecule is CCNC(=O)c1ccc(NC(=O)C=Cc2cc(Br)ccc2OC)cc1. The zero-order valence-corrected chi connectivity index (χ0v) is 15.6. The predicted molar refractivity (Wildman–Crippen MR) is 103 cm³/mol. The van der Waals surface area contributed by atoms with Crippen LogP contribution in [0, 0.1) is 0 Å². The van der Waals surface area contributed by atoms with Crippen molar-refractivity contribution in [2.45, 2.75) is 6.92 Å². The first kappa shape index (κ1) is 18.7. The molecule has 2 rings (SSSR count). The van der Waals surface area contributed by atoms with Gasteiger partial charge in [0.15, 0.2) is 0 Å². The lowest BCUT2D eigenvalue weighted by Gasteiger charge is -2.06. The lowest BCUT2D eigenvalue weighted by molar-refractivity contribution is -0.111. The summed E-state index contributed by atoms with van der Waals surface area (Å²) in [5.41, 5.74) is 1.96. The van der Waals surface area contributed by atoms with Crippen LogP contribution in [0.1, 0.15) is 22.8 Å². The summed E-state index contributed by atoms with van der Waals surface area (Å²) in [6.45, 7) is 2.43. The van der Waals surface area contributed by atoms with E-state index in [0.29, 0.717) is 23.5 Å². The molecule has 0 aromatic heterocycles. The van der Waals surface area contributed by atoms with Crippen molar-refractivity contribution in [3.05, 3.63) is 64.1 Å². The molecular formula is C19H19BrN2O3. The van der Waals surface area contributed by atoms with E-state index in [1.54, 1.807) is 37.5 Å². The van der Waals surface area contributed by atoms with Crippen LogP contribution >= 0.6 is 15.9 Å². The largest absolute Gasteiger partial charge is 0.496 e. The Balaban J connectivity index is 2.03. The van der Waals surface area contributed by atoms with E-state index in [1.165, 1.54) is 6.08 Å². The van der Waals surface area contributed by atoms with Crippen molar-refractivity contribution in [2.75, 3.05) is 19.0 Å². The molecule has 0 saturated heterocycles. The Bertz CT molecular complexity index is 786. The van der Waals surface area contributed by atoms with Gasteiger partial charge in [-0.2, -0.15) is 0 Å². The maximum Gasteiger partial charge on any atom is 0.251 e. The first-order chi connectivity index (χ1) is 12.0. The van der Waals surface area contributed by atoms with Gasteiger partial charge in [-0.05, 0) is 55.5 Å². The van der Waals surface area contributed by atoms with Crippen LogP contribution in [0.25, 0.3) is 6.08 Å². The fraction of sp³-hybridized carbons (Fsp3) is 0.158. The summed E-state index contributed by atoms with van der Waals surface area (Å²) in [6.07, 6.45) is 3.12. The van der Waals surface area contributed by atoms with Gasteiger partial charge in [0.25, 0.3) is 5.91 Å². The van der Waals surface area contributed by atoms with E-state index in [0.717, 1.165) is 10.0 Å². The highest BCUT2D eigenvalue weighted by Crippen LogP contribution is 2.24. The van der Waals surface area contributed by atoms with E-state index in [4.69, 9.17) is 4.74 Å². The number of nitrogens with one attached hydrogen (secondary N) is 2. The molecule has 2 amide bonds. The number of hydrogen-bond acceptors (Lipinski definition) is 3. The molecule has 0 fully saturated rings. The van der Waals surface area contributed by atoms with Crippen LogP contribution in [0.3, 0.4) is 0 Å². The minimum Gasteiger partial charge on any atom is -0.496 e. The number of carbonyl (C=O) groups is 2. The lowest BCUT2D eigenvalue weighted by atomic mass is 10.1. The molecule has 0 spiro atoms. The minimum atomic E-state index is -0.271.